The molecule has 1 aliphatic rings. The minimum atomic E-state index is 0.716. The number of benzene rings is 1. The molecule has 0 saturated heterocycles. The van der Waals surface area contributed by atoms with Gasteiger partial charge in [-0.15, -0.1) is 11.8 Å². The lowest BCUT2D eigenvalue weighted by molar-refractivity contribution is 0.339. The van der Waals surface area contributed by atoms with E-state index in [0.29, 0.717) is 6.61 Å². The van der Waals surface area contributed by atoms with E-state index < -0.39 is 0 Å². The number of anilines is 1. The molecule has 70 valence electrons. The monoisotopic (exact) mass is 213 g/mol. The fourth-order valence-electron chi connectivity index (χ4n) is 1.28. The van der Waals surface area contributed by atoms with Gasteiger partial charge in [-0.3, -0.25) is 0 Å². The van der Waals surface area contributed by atoms with Gasteiger partial charge in [0.15, 0.2) is 0 Å². The van der Waals surface area contributed by atoms with Gasteiger partial charge in [0.05, 0.1) is 18.2 Å². The maximum atomic E-state index is 5.41. The van der Waals surface area contributed by atoms with Gasteiger partial charge in [-0.25, -0.2) is 0 Å². The molecule has 1 aromatic carbocycles. The van der Waals surface area contributed by atoms with E-state index in [1.807, 2.05) is 23.4 Å². The fourth-order valence-corrected chi connectivity index (χ4v) is 2.62. The van der Waals surface area contributed by atoms with Crippen LogP contribution in [0.1, 0.15) is 6.92 Å². The summed E-state index contributed by atoms with van der Waals surface area (Å²) in [6.45, 7) is 2.71. The van der Waals surface area contributed by atoms with Gasteiger partial charge >= 0.3 is 0 Å². The first kappa shape index (κ1) is 9.09. The summed E-state index contributed by atoms with van der Waals surface area (Å²) in [5, 5.41) is 0. The summed E-state index contributed by atoms with van der Waals surface area (Å²) in [5.74, 6) is 1.85. The van der Waals surface area contributed by atoms with Crippen LogP contribution in [0, 0.1) is 0 Å². The summed E-state index contributed by atoms with van der Waals surface area (Å²) in [7, 11) is 0. The third kappa shape index (κ3) is 1.74. The van der Waals surface area contributed by atoms with Crippen LogP contribution in [0.25, 0.3) is 0 Å². The molecule has 0 N–H and O–H groups in total. The topological polar surface area (TPSA) is 12.5 Å². The van der Waals surface area contributed by atoms with Crippen LogP contribution in [0.3, 0.4) is 0 Å². The molecule has 0 spiro atoms. The van der Waals surface area contributed by atoms with Crippen molar-refractivity contribution in [2.24, 2.45) is 0 Å². The zero-order valence-corrected chi connectivity index (χ0v) is 9.07. The number of nitrogens with zero attached hydrogens (tertiary/aromatic N) is 1. The zero-order chi connectivity index (χ0) is 9.26. The smallest absolute Gasteiger partial charge is 0.120 e. The molecular weight excluding hydrogens is 202 g/mol. The van der Waals surface area contributed by atoms with Crippen LogP contribution < -0.4 is 9.04 Å². The number of hydrogen-bond donors (Lipinski definition) is 1. The van der Waals surface area contributed by atoms with Gasteiger partial charge in [0.2, 0.25) is 0 Å². The lowest BCUT2D eigenvalue weighted by atomic mass is 10.3. The second-order valence-electron chi connectivity index (χ2n) is 2.74. The first-order chi connectivity index (χ1) is 6.31. The molecule has 4 heteroatoms. The molecule has 0 atom stereocenters. The quantitative estimate of drug-likeness (QED) is 0.759. The number of thiol groups is 1. The van der Waals surface area contributed by atoms with Gasteiger partial charge in [0.1, 0.15) is 5.75 Å². The van der Waals surface area contributed by atoms with Crippen LogP contribution in [-0.4, -0.2) is 12.5 Å². The molecule has 0 bridgehead atoms. The Bertz CT molecular complexity index is 316. The molecule has 0 saturated carbocycles. The van der Waals surface area contributed by atoms with Crippen LogP contribution in [-0.2, 0) is 0 Å². The van der Waals surface area contributed by atoms with Gasteiger partial charge in [0.25, 0.3) is 0 Å². The van der Waals surface area contributed by atoms with Crippen molar-refractivity contribution < 1.29 is 4.74 Å². The Morgan fingerprint density at radius 1 is 1.62 bits per heavy atom. The van der Waals surface area contributed by atoms with E-state index in [0.717, 1.165) is 11.6 Å². The minimum Gasteiger partial charge on any atom is -0.494 e. The number of fused-ring (bicyclic) bond motifs is 1. The van der Waals surface area contributed by atoms with E-state index in [4.69, 9.17) is 4.74 Å². The molecule has 0 radical (unpaired) electrons. The summed E-state index contributed by atoms with van der Waals surface area (Å²) >= 11 is 6.12. The molecule has 0 aromatic heterocycles. The van der Waals surface area contributed by atoms with Gasteiger partial charge < -0.3 is 9.04 Å². The molecule has 2 rings (SSSR count). The van der Waals surface area contributed by atoms with Crippen molar-refractivity contribution in [3.63, 3.8) is 0 Å². The lowest BCUT2D eigenvalue weighted by Gasteiger charge is -2.09. The molecule has 0 aliphatic carbocycles. The van der Waals surface area contributed by atoms with Crippen molar-refractivity contribution in [3.8, 4) is 5.75 Å². The summed E-state index contributed by atoms with van der Waals surface area (Å²) in [5.41, 5.74) is 1.18. The SMILES string of the molecule is CCOc1ccc2c(c1)SCN2S. The van der Waals surface area contributed by atoms with Gasteiger partial charge in [-0.2, -0.15) is 0 Å². The van der Waals surface area contributed by atoms with Crippen molar-refractivity contribution in [3.05, 3.63) is 18.2 Å². The molecule has 0 amide bonds. The normalized spacial score (nSPS) is 14.5. The van der Waals surface area contributed by atoms with E-state index in [1.54, 1.807) is 11.8 Å². The van der Waals surface area contributed by atoms with Crippen LogP contribution in [0.4, 0.5) is 5.69 Å². The molecule has 0 unspecified atom stereocenters. The lowest BCUT2D eigenvalue weighted by Crippen LogP contribution is -2.02. The third-order valence-electron chi connectivity index (χ3n) is 1.86. The molecule has 1 aliphatic heterocycles. The fraction of sp³-hybridized carbons (Fsp3) is 0.333. The Kier molecular flexibility index (Phi) is 2.60. The zero-order valence-electron chi connectivity index (χ0n) is 7.36. The predicted octanol–water partition coefficient (Wildman–Crippen LogP) is 2.80. The third-order valence-corrected chi connectivity index (χ3v) is 3.44. The highest BCUT2D eigenvalue weighted by Gasteiger charge is 2.17. The van der Waals surface area contributed by atoms with E-state index in [1.165, 1.54) is 10.6 Å². The summed E-state index contributed by atoms with van der Waals surface area (Å²) in [6, 6.07) is 6.10. The number of rotatable bonds is 2. The molecule has 13 heavy (non-hydrogen) atoms. The van der Waals surface area contributed by atoms with Crippen molar-refractivity contribution >= 4 is 30.3 Å². The molecule has 1 heterocycles. The maximum absolute atomic E-state index is 5.41. The number of ether oxygens (including phenoxy) is 1. The van der Waals surface area contributed by atoms with Crippen LogP contribution in [0.5, 0.6) is 5.75 Å². The number of thioether (sulfide) groups is 1. The highest BCUT2D eigenvalue weighted by molar-refractivity contribution is 8.01. The summed E-state index contributed by atoms with van der Waals surface area (Å²) in [4.78, 5) is 1.25. The Hall–Kier alpha value is -0.480. The molecule has 1 aromatic rings. The second-order valence-corrected chi connectivity index (χ2v) is 4.21. The Balaban J connectivity index is 2.29. The van der Waals surface area contributed by atoms with E-state index in [9.17, 15) is 0 Å². The molecule has 0 fully saturated rings. The van der Waals surface area contributed by atoms with Gasteiger partial charge in [-0.05, 0) is 25.1 Å². The largest absolute Gasteiger partial charge is 0.494 e. The Labute approximate surface area is 87.8 Å². The van der Waals surface area contributed by atoms with Crippen molar-refractivity contribution in [2.75, 3.05) is 16.8 Å². The average Bonchev–Trinajstić information content (AvgIpc) is 2.48. The van der Waals surface area contributed by atoms with Gasteiger partial charge in [0, 0.05) is 4.90 Å². The van der Waals surface area contributed by atoms with Crippen molar-refractivity contribution in [1.82, 2.24) is 0 Å². The molecule has 2 nitrogen and oxygen atoms in total. The van der Waals surface area contributed by atoms with Crippen LogP contribution in [0.15, 0.2) is 23.1 Å². The highest BCUT2D eigenvalue weighted by atomic mass is 32.2. The molecular formula is C9H11NOS2. The summed E-state index contributed by atoms with van der Waals surface area (Å²) < 4.78 is 7.35. The summed E-state index contributed by atoms with van der Waals surface area (Å²) in [6.07, 6.45) is 0. The van der Waals surface area contributed by atoms with Gasteiger partial charge in [-0.1, -0.05) is 12.8 Å². The first-order valence-corrected chi connectivity index (χ1v) is 5.56. The van der Waals surface area contributed by atoms with E-state index >= 15 is 0 Å². The van der Waals surface area contributed by atoms with Crippen molar-refractivity contribution in [2.45, 2.75) is 11.8 Å². The number of hydrogen-bond acceptors (Lipinski definition) is 4. The Morgan fingerprint density at radius 2 is 2.46 bits per heavy atom. The minimum absolute atomic E-state index is 0.716. The average molecular weight is 213 g/mol. The predicted molar refractivity (Wildman–Crippen MR) is 59.8 cm³/mol. The first-order valence-electron chi connectivity index (χ1n) is 4.17. The van der Waals surface area contributed by atoms with E-state index in [2.05, 4.69) is 18.9 Å². The van der Waals surface area contributed by atoms with Crippen LogP contribution in [0.2, 0.25) is 0 Å². The second kappa shape index (κ2) is 3.72. The van der Waals surface area contributed by atoms with Crippen LogP contribution >= 0.6 is 24.6 Å². The maximum Gasteiger partial charge on any atom is 0.120 e. The standard InChI is InChI=1S/C9H11NOS2/c1-2-11-7-3-4-8-9(5-7)13-6-10(8)12/h3-5,12H,2,6H2,1H3. The van der Waals surface area contributed by atoms with Crippen molar-refractivity contribution in [1.29, 1.82) is 0 Å². The van der Waals surface area contributed by atoms with E-state index in [-0.39, 0.29) is 0 Å². The Morgan fingerprint density at radius 3 is 3.23 bits per heavy atom. The highest BCUT2D eigenvalue weighted by Crippen LogP contribution is 2.41.